The molecule has 1 aliphatic carbocycles. The molecular weight excluding hydrogens is 775 g/mol. The molecule has 0 atom stereocenters. The number of benzene rings is 11. The van der Waals surface area contributed by atoms with Gasteiger partial charge in [0.25, 0.3) is 0 Å². The van der Waals surface area contributed by atoms with E-state index in [1.165, 1.54) is 82.4 Å². The summed E-state index contributed by atoms with van der Waals surface area (Å²) < 4.78 is 0. The maximum absolute atomic E-state index is 5.23. The summed E-state index contributed by atoms with van der Waals surface area (Å²) in [6.07, 6.45) is 0. The lowest BCUT2D eigenvalue weighted by Crippen LogP contribution is -2.00. The number of hydrogen-bond donors (Lipinski definition) is 0. The van der Waals surface area contributed by atoms with E-state index in [1.54, 1.807) is 0 Å². The molecule has 1 heterocycles. The van der Waals surface area contributed by atoms with Crippen LogP contribution in [0.5, 0.6) is 0 Å². The molecule has 3 heteroatoms. The lowest BCUT2D eigenvalue weighted by Gasteiger charge is -2.16. The molecule has 0 saturated heterocycles. The third-order valence-electron chi connectivity index (χ3n) is 13.0. The molecule has 0 bridgehead atoms. The first-order valence-electron chi connectivity index (χ1n) is 21.8. The second-order valence-electron chi connectivity index (χ2n) is 16.7. The number of nitrogens with zero attached hydrogens (tertiary/aromatic N) is 3. The Kier molecular flexibility index (Phi) is 8.22. The van der Waals surface area contributed by atoms with Gasteiger partial charge in [-0.3, -0.25) is 0 Å². The summed E-state index contributed by atoms with van der Waals surface area (Å²) in [7, 11) is 0. The second-order valence-corrected chi connectivity index (χ2v) is 16.7. The van der Waals surface area contributed by atoms with Crippen LogP contribution in [0.4, 0.5) is 0 Å². The van der Waals surface area contributed by atoms with Crippen molar-refractivity contribution in [1.29, 1.82) is 0 Å². The molecule has 64 heavy (non-hydrogen) atoms. The Labute approximate surface area is 370 Å². The average molecular weight is 812 g/mol. The zero-order chi connectivity index (χ0) is 42.1. The highest BCUT2D eigenvalue weighted by Gasteiger charge is 2.22. The summed E-state index contributed by atoms with van der Waals surface area (Å²) in [5.74, 6) is 1.92. The van der Waals surface area contributed by atoms with Crippen molar-refractivity contribution in [2.24, 2.45) is 0 Å². The summed E-state index contributed by atoms with van der Waals surface area (Å²) in [6, 6.07) is 80.7. The summed E-state index contributed by atoms with van der Waals surface area (Å²) in [5.41, 5.74) is 15.2. The van der Waals surface area contributed by atoms with E-state index in [2.05, 4.69) is 206 Å². The molecule has 11 aromatic carbocycles. The minimum atomic E-state index is 0.632. The average Bonchev–Trinajstić information content (AvgIpc) is 3.70. The fourth-order valence-corrected chi connectivity index (χ4v) is 10.0. The Morgan fingerprint density at radius 1 is 0.219 bits per heavy atom. The Morgan fingerprint density at radius 3 is 1.59 bits per heavy atom. The minimum Gasteiger partial charge on any atom is -0.208 e. The van der Waals surface area contributed by atoms with Crippen molar-refractivity contribution in [3.8, 4) is 89.8 Å². The highest BCUT2D eigenvalue weighted by Crippen LogP contribution is 2.49. The van der Waals surface area contributed by atoms with Crippen LogP contribution < -0.4 is 0 Å². The zero-order valence-electron chi connectivity index (χ0n) is 34.7. The molecule has 1 aromatic heterocycles. The normalized spacial score (nSPS) is 11.8. The first-order valence-corrected chi connectivity index (χ1v) is 21.8. The van der Waals surface area contributed by atoms with E-state index in [1.807, 2.05) is 18.2 Å². The predicted molar refractivity (Wildman–Crippen MR) is 267 cm³/mol. The van der Waals surface area contributed by atoms with Crippen LogP contribution in [0.1, 0.15) is 0 Å². The van der Waals surface area contributed by atoms with Crippen LogP contribution in [-0.2, 0) is 0 Å². The van der Waals surface area contributed by atoms with Gasteiger partial charge in [0.15, 0.2) is 17.5 Å². The molecule has 296 valence electrons. The number of rotatable bonds is 6. The van der Waals surface area contributed by atoms with E-state index in [-0.39, 0.29) is 0 Å². The van der Waals surface area contributed by atoms with Gasteiger partial charge in [-0.05, 0) is 123 Å². The molecule has 0 radical (unpaired) electrons. The molecule has 13 rings (SSSR count). The quantitative estimate of drug-likeness (QED) is 0.157. The van der Waals surface area contributed by atoms with E-state index in [0.717, 1.165) is 33.0 Å². The van der Waals surface area contributed by atoms with Crippen molar-refractivity contribution in [2.45, 2.75) is 0 Å². The van der Waals surface area contributed by atoms with Gasteiger partial charge < -0.3 is 0 Å². The van der Waals surface area contributed by atoms with E-state index in [9.17, 15) is 0 Å². The molecule has 0 aliphatic heterocycles. The lowest BCUT2D eigenvalue weighted by molar-refractivity contribution is 1.08. The molecule has 12 aromatic rings. The van der Waals surface area contributed by atoms with Crippen LogP contribution in [0.3, 0.4) is 0 Å². The lowest BCUT2D eigenvalue weighted by atomic mass is 9.88. The zero-order valence-corrected chi connectivity index (χ0v) is 34.7. The van der Waals surface area contributed by atoms with E-state index >= 15 is 0 Å². The Balaban J connectivity index is 0.935. The van der Waals surface area contributed by atoms with E-state index in [4.69, 9.17) is 15.0 Å². The van der Waals surface area contributed by atoms with Gasteiger partial charge in [-0.15, -0.1) is 0 Å². The molecule has 0 saturated carbocycles. The fourth-order valence-electron chi connectivity index (χ4n) is 10.0. The second kappa shape index (κ2) is 14.5. The fraction of sp³-hybridized carbons (Fsp3) is 0. The number of aromatic nitrogens is 3. The highest BCUT2D eigenvalue weighted by molar-refractivity contribution is 6.17. The molecule has 0 spiro atoms. The van der Waals surface area contributed by atoms with Gasteiger partial charge in [0.05, 0.1) is 0 Å². The molecule has 1 aliphatic rings. The topological polar surface area (TPSA) is 38.7 Å². The third kappa shape index (κ3) is 5.86. The van der Waals surface area contributed by atoms with Gasteiger partial charge in [0.1, 0.15) is 0 Å². The van der Waals surface area contributed by atoms with Crippen LogP contribution in [0.2, 0.25) is 0 Å². The van der Waals surface area contributed by atoms with Gasteiger partial charge >= 0.3 is 0 Å². The summed E-state index contributed by atoms with van der Waals surface area (Å²) in [5, 5.41) is 9.68. The van der Waals surface area contributed by atoms with E-state index < -0.39 is 0 Å². The van der Waals surface area contributed by atoms with Gasteiger partial charge in [-0.25, -0.2) is 15.0 Å². The Hall–Kier alpha value is -8.53. The van der Waals surface area contributed by atoms with Crippen molar-refractivity contribution < 1.29 is 0 Å². The number of hydrogen-bond acceptors (Lipinski definition) is 3. The van der Waals surface area contributed by atoms with Gasteiger partial charge in [-0.1, -0.05) is 200 Å². The van der Waals surface area contributed by atoms with Gasteiger partial charge in [0, 0.05) is 16.7 Å². The molecule has 0 amide bonds. The van der Waals surface area contributed by atoms with E-state index in [0.29, 0.717) is 17.5 Å². The molecule has 0 unspecified atom stereocenters. The maximum atomic E-state index is 5.23. The minimum absolute atomic E-state index is 0.632. The molecule has 3 nitrogen and oxygen atoms in total. The van der Waals surface area contributed by atoms with Gasteiger partial charge in [0.2, 0.25) is 0 Å². The first kappa shape index (κ1) is 36.2. The molecule has 0 N–H and O–H groups in total. The summed E-state index contributed by atoms with van der Waals surface area (Å²) >= 11 is 0. The first-order chi connectivity index (χ1) is 31.7. The number of fused-ring (bicyclic) bond motifs is 7. The van der Waals surface area contributed by atoms with Crippen molar-refractivity contribution in [3.63, 3.8) is 0 Å². The summed E-state index contributed by atoms with van der Waals surface area (Å²) in [4.78, 5) is 15.5. The van der Waals surface area contributed by atoms with Crippen molar-refractivity contribution in [3.05, 3.63) is 224 Å². The highest BCUT2D eigenvalue weighted by atomic mass is 15.0. The van der Waals surface area contributed by atoms with Crippen LogP contribution in [-0.4, -0.2) is 15.0 Å². The van der Waals surface area contributed by atoms with Crippen LogP contribution in [0, 0.1) is 0 Å². The smallest absolute Gasteiger partial charge is 0.164 e. The van der Waals surface area contributed by atoms with Crippen LogP contribution >= 0.6 is 0 Å². The van der Waals surface area contributed by atoms with Crippen molar-refractivity contribution in [2.75, 3.05) is 0 Å². The molecular formula is C61H37N3. The van der Waals surface area contributed by atoms with Crippen molar-refractivity contribution in [1.82, 2.24) is 15.0 Å². The van der Waals surface area contributed by atoms with Crippen LogP contribution in [0.25, 0.3) is 133 Å². The van der Waals surface area contributed by atoms with Crippen LogP contribution in [0.15, 0.2) is 224 Å². The summed E-state index contributed by atoms with van der Waals surface area (Å²) in [6.45, 7) is 0. The third-order valence-corrected chi connectivity index (χ3v) is 13.0. The van der Waals surface area contributed by atoms with Gasteiger partial charge in [-0.2, -0.15) is 0 Å². The Morgan fingerprint density at radius 2 is 0.781 bits per heavy atom. The van der Waals surface area contributed by atoms with Crippen molar-refractivity contribution >= 4 is 43.1 Å². The maximum Gasteiger partial charge on any atom is 0.164 e. The molecule has 0 fully saturated rings. The predicted octanol–water partition coefficient (Wildman–Crippen LogP) is 16.1. The monoisotopic (exact) mass is 811 g/mol. The largest absolute Gasteiger partial charge is 0.208 e. The SMILES string of the molecule is c1ccc(-c2nc(-c3ccc(-c4ccc5ccccc5c4-c4cccc(-c5cc6c7c(cccc7c5)-c5ccccc5-6)c4)cc3)nc(-c3cc4ccccc4c4ccccc34)n2)cc1. The Bertz CT molecular complexity index is 3830. The standard InChI is InChI=1S/C61H37N3/c1-2-15-40(16-3-1)59-62-60(64-61(63-59)56-36-43-17-5-6-21-47(43)50-23-8-11-26-53(50)56)41-30-28-39(29-31-41)49-33-32-38-14-4-7-22-48(38)57(49)44-19-12-18-42(34-44)46-35-45-20-13-27-54-51-24-9-10-25-52(51)55(37-46)58(45)54/h1-37H.